The lowest BCUT2D eigenvalue weighted by Gasteiger charge is -2.23. The van der Waals surface area contributed by atoms with Crippen LogP contribution in [0.5, 0.6) is 11.6 Å². The first-order valence-electron chi connectivity index (χ1n) is 11.1. The van der Waals surface area contributed by atoms with Crippen LogP contribution in [-0.4, -0.2) is 49.9 Å². The zero-order valence-electron chi connectivity index (χ0n) is 19.3. The van der Waals surface area contributed by atoms with E-state index < -0.39 is 19.8 Å². The maximum Gasteiger partial charge on any atom is 0.459 e. The number of imidazole rings is 1. The number of fused-ring (bicyclic) bond motifs is 1. The topological polar surface area (TPSA) is 164 Å². The Balaban J connectivity index is 1.46. The van der Waals surface area contributed by atoms with Crippen LogP contribution in [0.25, 0.3) is 11.2 Å². The average molecular weight is 502 g/mol. The maximum absolute atomic E-state index is 13.4. The van der Waals surface area contributed by atoms with Crippen LogP contribution >= 0.6 is 7.75 Å². The van der Waals surface area contributed by atoms with Crippen molar-refractivity contribution in [2.75, 3.05) is 18.9 Å². The summed E-state index contributed by atoms with van der Waals surface area (Å²) in [5, 5.41) is 11.7. The molecule has 2 aromatic heterocycles. The third kappa shape index (κ3) is 5.79. The number of allylic oxidation sites excluding steroid dienone is 1. The van der Waals surface area contributed by atoms with E-state index in [9.17, 15) is 14.5 Å². The third-order valence-electron chi connectivity index (χ3n) is 5.34. The number of nitrogens with two attached hydrogens (primary N) is 1. The minimum absolute atomic E-state index is 0.0460. The standard InChI is InChI=1S/C22H27N6O6P/c1-3-32-20-18-19(25-22(23)26-20)28(13-24-18)16-10-9-15(11-16)12-33-35(31,27-14(2)21(29)30)34-17-7-5-4-6-8-17/h4-10,13-16H,3,11-12H2,1-2H3,(H,27,31)(H,29,30)(H2,23,25,26)/t14?,15-,16+,35+/m1/s1. The summed E-state index contributed by atoms with van der Waals surface area (Å²) < 4.78 is 32.0. The molecule has 1 aromatic carbocycles. The van der Waals surface area contributed by atoms with Crippen LogP contribution in [-0.2, 0) is 13.9 Å². The molecule has 0 radical (unpaired) electrons. The lowest BCUT2D eigenvalue weighted by Crippen LogP contribution is -2.33. The first kappa shape index (κ1) is 24.6. The van der Waals surface area contributed by atoms with Crippen LogP contribution < -0.4 is 20.1 Å². The molecule has 12 nitrogen and oxygen atoms in total. The largest absolute Gasteiger partial charge is 0.480 e. The third-order valence-corrected chi connectivity index (χ3v) is 6.99. The van der Waals surface area contributed by atoms with Crippen LogP contribution in [0.3, 0.4) is 0 Å². The fraction of sp³-hybridized carbons (Fsp3) is 0.364. The van der Waals surface area contributed by atoms with Crippen molar-refractivity contribution >= 4 is 30.8 Å². The van der Waals surface area contributed by atoms with E-state index in [2.05, 4.69) is 20.0 Å². The average Bonchev–Trinajstić information content (AvgIpc) is 3.45. The smallest absolute Gasteiger partial charge is 0.459 e. The van der Waals surface area contributed by atoms with Gasteiger partial charge in [0.2, 0.25) is 11.8 Å². The van der Waals surface area contributed by atoms with E-state index in [1.807, 2.05) is 23.6 Å². The Morgan fingerprint density at radius 2 is 2.09 bits per heavy atom. The molecule has 4 atom stereocenters. The van der Waals surface area contributed by atoms with Gasteiger partial charge in [-0.25, -0.2) is 9.55 Å². The van der Waals surface area contributed by atoms with E-state index in [1.54, 1.807) is 36.7 Å². The number of aliphatic carboxylic acids is 1. The monoisotopic (exact) mass is 502 g/mol. The van der Waals surface area contributed by atoms with Gasteiger partial charge in [-0.3, -0.25) is 9.32 Å². The Morgan fingerprint density at radius 3 is 2.80 bits per heavy atom. The molecule has 1 aliphatic rings. The number of benzene rings is 1. The number of rotatable bonds is 11. The summed E-state index contributed by atoms with van der Waals surface area (Å²) in [6.07, 6.45) is 6.18. The number of aromatic nitrogens is 4. The molecule has 4 N–H and O–H groups in total. The molecule has 0 amide bonds. The number of carboxylic acid groups (broad SMARTS) is 1. The molecule has 1 aliphatic carbocycles. The molecule has 0 saturated carbocycles. The van der Waals surface area contributed by atoms with Crippen LogP contribution in [0.4, 0.5) is 5.95 Å². The predicted molar refractivity (Wildman–Crippen MR) is 128 cm³/mol. The van der Waals surface area contributed by atoms with Gasteiger partial charge in [0.1, 0.15) is 11.8 Å². The van der Waals surface area contributed by atoms with Crippen LogP contribution in [0.2, 0.25) is 0 Å². The molecule has 13 heteroatoms. The number of hydrogen-bond donors (Lipinski definition) is 3. The highest BCUT2D eigenvalue weighted by Gasteiger charge is 2.33. The zero-order chi connectivity index (χ0) is 25.0. The molecule has 0 saturated heterocycles. The molecule has 4 rings (SSSR count). The molecule has 1 unspecified atom stereocenters. The maximum atomic E-state index is 13.4. The molecule has 2 heterocycles. The minimum Gasteiger partial charge on any atom is -0.480 e. The lowest BCUT2D eigenvalue weighted by atomic mass is 10.1. The van der Waals surface area contributed by atoms with Gasteiger partial charge in [0, 0.05) is 5.92 Å². The Hall–Kier alpha value is -3.47. The summed E-state index contributed by atoms with van der Waals surface area (Å²) in [4.78, 5) is 24.1. The first-order valence-corrected chi connectivity index (χ1v) is 12.6. The molecule has 3 aromatic rings. The van der Waals surface area contributed by atoms with Crippen molar-refractivity contribution in [3.63, 3.8) is 0 Å². The number of para-hydroxylation sites is 1. The molecule has 0 fully saturated rings. The van der Waals surface area contributed by atoms with E-state index >= 15 is 0 Å². The summed E-state index contributed by atoms with van der Waals surface area (Å²) in [6.45, 7) is 3.68. The lowest BCUT2D eigenvalue weighted by molar-refractivity contribution is -0.138. The molecule has 0 bridgehead atoms. The Labute approximate surface area is 201 Å². The van der Waals surface area contributed by atoms with Crippen molar-refractivity contribution in [1.82, 2.24) is 24.6 Å². The molecular formula is C22H27N6O6P. The number of nitrogen functional groups attached to an aromatic ring is 1. The van der Waals surface area contributed by atoms with Gasteiger partial charge >= 0.3 is 13.7 Å². The van der Waals surface area contributed by atoms with E-state index in [0.29, 0.717) is 35.8 Å². The van der Waals surface area contributed by atoms with Gasteiger partial charge < -0.3 is 24.7 Å². The van der Waals surface area contributed by atoms with Gasteiger partial charge in [0.15, 0.2) is 11.2 Å². The van der Waals surface area contributed by atoms with Crippen molar-refractivity contribution in [2.24, 2.45) is 5.92 Å². The van der Waals surface area contributed by atoms with Crippen molar-refractivity contribution in [3.8, 4) is 11.6 Å². The molecule has 0 spiro atoms. The Kier molecular flexibility index (Phi) is 7.34. The van der Waals surface area contributed by atoms with E-state index in [-0.39, 0.29) is 24.5 Å². The van der Waals surface area contributed by atoms with Gasteiger partial charge in [0.25, 0.3) is 0 Å². The first-order chi connectivity index (χ1) is 16.8. The highest BCUT2D eigenvalue weighted by atomic mass is 31.2. The van der Waals surface area contributed by atoms with Crippen molar-refractivity contribution < 1.29 is 28.3 Å². The molecule has 186 valence electrons. The van der Waals surface area contributed by atoms with Gasteiger partial charge in [0.05, 0.1) is 25.6 Å². The number of hydrogen-bond acceptors (Lipinski definition) is 9. The predicted octanol–water partition coefficient (Wildman–Crippen LogP) is 3.19. The van der Waals surface area contributed by atoms with E-state index in [4.69, 9.17) is 19.5 Å². The fourth-order valence-electron chi connectivity index (χ4n) is 3.67. The number of carbonyl (C=O) groups is 1. The summed E-state index contributed by atoms with van der Waals surface area (Å²) in [6, 6.07) is 7.20. The number of ether oxygens (including phenoxy) is 1. The Morgan fingerprint density at radius 1 is 1.31 bits per heavy atom. The van der Waals surface area contributed by atoms with Crippen LogP contribution in [0, 0.1) is 5.92 Å². The second kappa shape index (κ2) is 10.4. The second-order valence-electron chi connectivity index (χ2n) is 7.98. The number of anilines is 1. The van der Waals surface area contributed by atoms with Gasteiger partial charge in [-0.15, -0.1) is 0 Å². The fourth-order valence-corrected chi connectivity index (χ4v) is 5.22. The highest BCUT2D eigenvalue weighted by molar-refractivity contribution is 7.52. The van der Waals surface area contributed by atoms with Gasteiger partial charge in [-0.05, 0) is 32.4 Å². The molecule has 0 aliphatic heterocycles. The summed E-state index contributed by atoms with van der Waals surface area (Å²) in [7, 11) is -3.98. The van der Waals surface area contributed by atoms with Crippen molar-refractivity contribution in [1.29, 1.82) is 0 Å². The zero-order valence-corrected chi connectivity index (χ0v) is 20.2. The van der Waals surface area contributed by atoms with Crippen LogP contribution in [0.15, 0.2) is 48.8 Å². The minimum atomic E-state index is -3.98. The van der Waals surface area contributed by atoms with Crippen molar-refractivity contribution in [3.05, 3.63) is 48.8 Å². The van der Waals surface area contributed by atoms with Gasteiger partial charge in [-0.1, -0.05) is 30.4 Å². The van der Waals surface area contributed by atoms with E-state index in [1.165, 1.54) is 6.92 Å². The summed E-state index contributed by atoms with van der Waals surface area (Å²) >= 11 is 0. The second-order valence-corrected chi connectivity index (χ2v) is 9.67. The summed E-state index contributed by atoms with van der Waals surface area (Å²) in [5.74, 6) is -0.577. The quantitative estimate of drug-likeness (QED) is 0.260. The van der Waals surface area contributed by atoms with Crippen molar-refractivity contribution in [2.45, 2.75) is 32.4 Å². The van der Waals surface area contributed by atoms with E-state index in [0.717, 1.165) is 0 Å². The molecule has 35 heavy (non-hydrogen) atoms. The Bertz CT molecular complexity index is 1270. The van der Waals surface area contributed by atoms with Gasteiger partial charge in [-0.2, -0.15) is 15.1 Å². The normalized spacial score (nSPS) is 19.9. The number of nitrogens with zero attached hydrogens (tertiary/aromatic N) is 4. The molecular weight excluding hydrogens is 475 g/mol. The number of nitrogens with one attached hydrogen (secondary N) is 1. The highest BCUT2D eigenvalue weighted by Crippen LogP contribution is 2.46. The van der Waals surface area contributed by atoms with Crippen LogP contribution in [0.1, 0.15) is 26.3 Å². The summed E-state index contributed by atoms with van der Waals surface area (Å²) in [5.41, 5.74) is 6.92. The number of carboxylic acids is 1. The SMILES string of the molecule is CCOc1nc(N)nc2c1ncn2[C@H]1C=C[C@@H](CO[P@@](=O)(NC(C)C(=O)O)Oc2ccccc2)C1.